The minimum atomic E-state index is -5.92. The predicted molar refractivity (Wildman–Crippen MR) is 57.1 cm³/mol. The van der Waals surface area contributed by atoms with Gasteiger partial charge in [-0.3, -0.25) is 0 Å². The second-order valence-electron chi connectivity index (χ2n) is 3.63. The maximum Gasteiger partial charge on any atom is 0.459 e. The van der Waals surface area contributed by atoms with E-state index in [1.54, 1.807) is 0 Å². The lowest BCUT2D eigenvalue weighted by Gasteiger charge is -2.19. The van der Waals surface area contributed by atoms with Gasteiger partial charge in [0, 0.05) is 0 Å². The van der Waals surface area contributed by atoms with Crippen LogP contribution in [-0.4, -0.2) is 20.8 Å². The van der Waals surface area contributed by atoms with E-state index in [1.165, 1.54) is 6.07 Å². The molecule has 5 nitrogen and oxygen atoms in total. The summed E-state index contributed by atoms with van der Waals surface area (Å²) >= 11 is 5.61. The Morgan fingerprint density at radius 3 is 2.40 bits per heavy atom. The van der Waals surface area contributed by atoms with Gasteiger partial charge in [0.2, 0.25) is 5.95 Å². The number of hydrogen-bond acceptors (Lipinski definition) is 4. The lowest BCUT2D eigenvalue weighted by molar-refractivity contribution is -0.291. The van der Waals surface area contributed by atoms with Crippen molar-refractivity contribution >= 4 is 23.1 Å². The summed E-state index contributed by atoms with van der Waals surface area (Å²) in [5.41, 5.74) is 2.05. The van der Waals surface area contributed by atoms with Crippen LogP contribution in [0.4, 0.5) is 27.9 Å². The van der Waals surface area contributed by atoms with Crippen molar-refractivity contribution in [2.45, 2.75) is 12.1 Å². The SMILES string of the molecule is N#Cc1c(Cl)c2cnc(N)nn2c1C(F)(F)C(F)(F)F. The topological polar surface area (TPSA) is 80.0 Å². The van der Waals surface area contributed by atoms with Gasteiger partial charge in [-0.1, -0.05) is 11.6 Å². The quantitative estimate of drug-likeness (QED) is 0.821. The average Bonchev–Trinajstić information content (AvgIpc) is 2.60. The summed E-state index contributed by atoms with van der Waals surface area (Å²) in [7, 11) is 0. The van der Waals surface area contributed by atoms with Crippen LogP contribution in [-0.2, 0) is 5.92 Å². The first-order chi connectivity index (χ1) is 9.11. The van der Waals surface area contributed by atoms with E-state index in [0.717, 1.165) is 6.20 Å². The van der Waals surface area contributed by atoms with Gasteiger partial charge >= 0.3 is 12.1 Å². The molecule has 0 bridgehead atoms. The molecule has 2 rings (SSSR count). The highest BCUT2D eigenvalue weighted by Crippen LogP contribution is 2.47. The Morgan fingerprint density at radius 2 is 1.90 bits per heavy atom. The molecule has 20 heavy (non-hydrogen) atoms. The Hall–Kier alpha value is -2.15. The number of nitrogens with zero attached hydrogens (tertiary/aromatic N) is 4. The zero-order chi connectivity index (χ0) is 15.3. The number of halogens is 6. The van der Waals surface area contributed by atoms with E-state index in [9.17, 15) is 22.0 Å². The Balaban J connectivity index is 2.95. The third-order valence-electron chi connectivity index (χ3n) is 2.41. The van der Waals surface area contributed by atoms with E-state index in [0.29, 0.717) is 0 Å². The molecule has 0 atom stereocenters. The summed E-state index contributed by atoms with van der Waals surface area (Å²) in [5, 5.41) is 11.4. The van der Waals surface area contributed by atoms with Gasteiger partial charge in [-0.2, -0.15) is 27.2 Å². The summed E-state index contributed by atoms with van der Waals surface area (Å²) in [5.74, 6) is -5.87. The van der Waals surface area contributed by atoms with Gasteiger partial charge in [-0.25, -0.2) is 9.50 Å². The van der Waals surface area contributed by atoms with E-state index in [-0.39, 0.29) is 10.0 Å². The molecule has 2 aromatic heterocycles. The monoisotopic (exact) mass is 311 g/mol. The van der Waals surface area contributed by atoms with Crippen LogP contribution in [0.2, 0.25) is 5.02 Å². The Kier molecular flexibility index (Phi) is 2.98. The highest BCUT2D eigenvalue weighted by molar-refractivity contribution is 6.35. The van der Waals surface area contributed by atoms with Crippen molar-refractivity contribution in [1.82, 2.24) is 14.6 Å². The third kappa shape index (κ3) is 1.82. The minimum Gasteiger partial charge on any atom is -0.367 e. The minimum absolute atomic E-state index is 0.177. The van der Waals surface area contributed by atoms with Gasteiger partial charge in [-0.05, 0) is 0 Å². The number of nitrogens with two attached hydrogens (primary N) is 1. The standard InChI is InChI=1S/C9H3ClF5N5/c10-5-3(1-16)6(8(11,12)9(13,14)15)20-4(5)2-18-7(17)19-20/h2H,(H2,17,19). The van der Waals surface area contributed by atoms with E-state index in [4.69, 9.17) is 22.6 Å². The number of nitriles is 1. The van der Waals surface area contributed by atoms with Crippen molar-refractivity contribution in [3.63, 3.8) is 0 Å². The molecule has 0 aliphatic rings. The van der Waals surface area contributed by atoms with Crippen LogP contribution in [0.1, 0.15) is 11.3 Å². The second kappa shape index (κ2) is 4.17. The Labute approximate surface area is 112 Å². The number of alkyl halides is 5. The molecule has 0 unspecified atom stereocenters. The van der Waals surface area contributed by atoms with Gasteiger partial charge in [0.15, 0.2) is 0 Å². The summed E-state index contributed by atoms with van der Waals surface area (Å²) in [6.45, 7) is 0. The van der Waals surface area contributed by atoms with E-state index in [1.807, 2.05) is 0 Å². The van der Waals surface area contributed by atoms with Crippen molar-refractivity contribution in [2.75, 3.05) is 5.73 Å². The highest BCUT2D eigenvalue weighted by atomic mass is 35.5. The zero-order valence-electron chi connectivity index (χ0n) is 9.21. The molecule has 106 valence electrons. The molecule has 0 aliphatic heterocycles. The van der Waals surface area contributed by atoms with Crippen LogP contribution < -0.4 is 5.73 Å². The van der Waals surface area contributed by atoms with Crippen molar-refractivity contribution < 1.29 is 22.0 Å². The van der Waals surface area contributed by atoms with Crippen LogP contribution in [0.5, 0.6) is 0 Å². The number of aromatic nitrogens is 3. The van der Waals surface area contributed by atoms with Crippen LogP contribution in [0, 0.1) is 11.3 Å². The molecule has 0 spiro atoms. The average molecular weight is 312 g/mol. The van der Waals surface area contributed by atoms with E-state index >= 15 is 0 Å². The van der Waals surface area contributed by atoms with Gasteiger partial charge < -0.3 is 5.73 Å². The molecule has 0 aromatic carbocycles. The number of rotatable bonds is 1. The number of fused-ring (bicyclic) bond motifs is 1. The molecule has 11 heteroatoms. The number of nitrogen functional groups attached to an aromatic ring is 1. The molecule has 2 N–H and O–H groups in total. The maximum atomic E-state index is 13.5. The summed E-state index contributed by atoms with van der Waals surface area (Å²) in [6, 6.07) is 1.21. The Morgan fingerprint density at radius 1 is 1.30 bits per heavy atom. The van der Waals surface area contributed by atoms with Gasteiger partial charge in [-0.15, -0.1) is 5.10 Å². The Bertz CT molecular complexity index is 729. The first kappa shape index (κ1) is 14.3. The molecular formula is C9H3ClF5N5. The first-order valence-corrected chi connectivity index (χ1v) is 5.17. The predicted octanol–water partition coefficient (Wildman–Crippen LogP) is 2.49. The molecule has 0 aliphatic carbocycles. The third-order valence-corrected chi connectivity index (χ3v) is 2.79. The summed E-state index contributed by atoms with van der Waals surface area (Å²) in [6.07, 6.45) is -5.07. The molecule has 0 fully saturated rings. The fraction of sp³-hybridized carbons (Fsp3) is 0.222. The lowest BCUT2D eigenvalue weighted by Crippen LogP contribution is -2.36. The van der Waals surface area contributed by atoms with Crippen LogP contribution >= 0.6 is 11.6 Å². The van der Waals surface area contributed by atoms with Crippen LogP contribution in [0.15, 0.2) is 6.20 Å². The number of anilines is 1. The van der Waals surface area contributed by atoms with Gasteiger partial charge in [0.1, 0.15) is 22.8 Å². The van der Waals surface area contributed by atoms with Gasteiger partial charge in [0.25, 0.3) is 0 Å². The second-order valence-corrected chi connectivity index (χ2v) is 4.01. The first-order valence-electron chi connectivity index (χ1n) is 4.79. The molecule has 2 heterocycles. The van der Waals surface area contributed by atoms with Gasteiger partial charge in [0.05, 0.1) is 11.2 Å². The molecule has 0 radical (unpaired) electrons. The summed E-state index contributed by atoms with van der Waals surface area (Å²) in [4.78, 5) is 3.43. The van der Waals surface area contributed by atoms with Crippen LogP contribution in [0.3, 0.4) is 0 Å². The number of hydrogen-bond donors (Lipinski definition) is 1. The lowest BCUT2D eigenvalue weighted by atomic mass is 10.1. The van der Waals surface area contributed by atoms with Crippen molar-refractivity contribution in [1.29, 1.82) is 5.26 Å². The molecule has 2 aromatic rings. The van der Waals surface area contributed by atoms with Crippen molar-refractivity contribution in [3.05, 3.63) is 22.5 Å². The maximum absolute atomic E-state index is 13.5. The largest absolute Gasteiger partial charge is 0.459 e. The van der Waals surface area contributed by atoms with Crippen molar-refractivity contribution in [2.24, 2.45) is 0 Å². The highest BCUT2D eigenvalue weighted by Gasteiger charge is 2.62. The van der Waals surface area contributed by atoms with Crippen molar-refractivity contribution in [3.8, 4) is 6.07 Å². The fourth-order valence-electron chi connectivity index (χ4n) is 1.55. The molecule has 0 saturated carbocycles. The zero-order valence-corrected chi connectivity index (χ0v) is 9.97. The van der Waals surface area contributed by atoms with E-state index < -0.39 is 34.3 Å². The molecule has 0 saturated heterocycles. The molecular weight excluding hydrogens is 309 g/mol. The van der Waals surface area contributed by atoms with E-state index in [2.05, 4.69) is 10.1 Å². The smallest absolute Gasteiger partial charge is 0.367 e. The van der Waals surface area contributed by atoms with Crippen LogP contribution in [0.25, 0.3) is 5.52 Å². The molecule has 0 amide bonds. The normalized spacial score (nSPS) is 12.7. The summed E-state index contributed by atoms with van der Waals surface area (Å²) < 4.78 is 64.7. The fourth-order valence-corrected chi connectivity index (χ4v) is 1.81.